The summed E-state index contributed by atoms with van der Waals surface area (Å²) in [6.07, 6.45) is 3.70. The molecule has 0 saturated carbocycles. The summed E-state index contributed by atoms with van der Waals surface area (Å²) in [5.74, 6) is 1.92. The van der Waals surface area contributed by atoms with Crippen LogP contribution >= 0.6 is 0 Å². The Bertz CT molecular complexity index is 1250. The minimum Gasteiger partial charge on any atom is -0.497 e. The Kier molecular flexibility index (Phi) is 7.51. The molecule has 2 fully saturated rings. The maximum absolute atomic E-state index is 13.8. The molecule has 3 aromatic rings. The van der Waals surface area contributed by atoms with E-state index in [0.29, 0.717) is 44.8 Å². The summed E-state index contributed by atoms with van der Waals surface area (Å²) < 4.78 is 5.30. The van der Waals surface area contributed by atoms with Crippen LogP contribution in [-0.2, 0) is 22.7 Å². The van der Waals surface area contributed by atoms with E-state index in [0.717, 1.165) is 34.9 Å². The second-order valence-electron chi connectivity index (χ2n) is 10.9. The number of aromatic amines is 1. The summed E-state index contributed by atoms with van der Waals surface area (Å²) in [7, 11) is 1.64. The lowest BCUT2D eigenvalue weighted by Crippen LogP contribution is -2.72. The number of methoxy groups -OCH3 is 1. The summed E-state index contributed by atoms with van der Waals surface area (Å²) in [5.41, 5.74) is 2.24. The third-order valence-electron chi connectivity index (χ3n) is 7.77. The Morgan fingerprint density at radius 3 is 2.39 bits per heavy atom. The molecule has 1 aromatic heterocycles. The van der Waals surface area contributed by atoms with E-state index in [2.05, 4.69) is 34.0 Å². The molecule has 2 saturated heterocycles. The van der Waals surface area contributed by atoms with Crippen molar-refractivity contribution in [2.75, 3.05) is 20.2 Å². The summed E-state index contributed by atoms with van der Waals surface area (Å²) in [6, 6.07) is 17.3. The Morgan fingerprint density at radius 1 is 1.03 bits per heavy atom. The average Bonchev–Trinajstić information content (AvgIpc) is 3.40. The quantitative estimate of drug-likeness (QED) is 0.473. The summed E-state index contributed by atoms with van der Waals surface area (Å²) in [6.45, 7) is 6.72. The number of nitrogens with one attached hydrogen (secondary N) is 2. The van der Waals surface area contributed by atoms with Gasteiger partial charge < -0.3 is 19.9 Å². The molecule has 1 spiro atoms. The Hall–Kier alpha value is -3.65. The fraction of sp³-hybridized carbons (Fsp3) is 0.433. The van der Waals surface area contributed by atoms with Crippen LogP contribution in [0, 0.1) is 5.92 Å². The van der Waals surface area contributed by atoms with E-state index in [4.69, 9.17) is 4.74 Å². The number of piperidine rings is 1. The van der Waals surface area contributed by atoms with Crippen molar-refractivity contribution in [2.45, 2.75) is 57.8 Å². The molecular weight excluding hydrogens is 478 g/mol. The van der Waals surface area contributed by atoms with Gasteiger partial charge in [-0.2, -0.15) is 0 Å². The highest BCUT2D eigenvalue weighted by Crippen LogP contribution is 2.36. The van der Waals surface area contributed by atoms with Crippen molar-refractivity contribution in [1.29, 1.82) is 0 Å². The number of ether oxygens (including phenoxy) is 1. The van der Waals surface area contributed by atoms with Crippen molar-refractivity contribution in [2.24, 2.45) is 5.92 Å². The molecule has 3 heterocycles. The van der Waals surface area contributed by atoms with Crippen LogP contribution in [0.5, 0.6) is 5.75 Å². The van der Waals surface area contributed by atoms with Crippen LogP contribution < -0.4 is 10.1 Å². The minimum absolute atomic E-state index is 0.0173. The normalized spacial score (nSPS) is 19.7. The highest BCUT2D eigenvalue weighted by molar-refractivity contribution is 6.00. The minimum atomic E-state index is -0.843. The molecule has 0 radical (unpaired) electrons. The molecule has 8 nitrogen and oxygen atoms in total. The van der Waals surface area contributed by atoms with Gasteiger partial charge in [0.15, 0.2) is 0 Å². The molecule has 2 aliphatic heterocycles. The predicted octanol–water partition coefficient (Wildman–Crippen LogP) is 3.99. The van der Waals surface area contributed by atoms with Gasteiger partial charge in [-0.25, -0.2) is 4.98 Å². The fourth-order valence-corrected chi connectivity index (χ4v) is 5.65. The molecule has 5 rings (SSSR count). The zero-order valence-corrected chi connectivity index (χ0v) is 22.4. The Labute approximate surface area is 224 Å². The van der Waals surface area contributed by atoms with Crippen molar-refractivity contribution in [3.05, 3.63) is 72.1 Å². The van der Waals surface area contributed by atoms with Gasteiger partial charge in [-0.1, -0.05) is 56.3 Å². The number of nitrogens with zero attached hydrogens (tertiary/aromatic N) is 3. The number of benzene rings is 2. The first-order chi connectivity index (χ1) is 18.4. The first-order valence-corrected chi connectivity index (χ1v) is 13.4. The van der Waals surface area contributed by atoms with Crippen LogP contribution in [0.25, 0.3) is 11.4 Å². The first-order valence-electron chi connectivity index (χ1n) is 13.4. The van der Waals surface area contributed by atoms with Gasteiger partial charge in [0, 0.05) is 43.6 Å². The number of carbonyl (C=O) groups excluding carboxylic acids is 2. The predicted molar refractivity (Wildman–Crippen MR) is 146 cm³/mol. The van der Waals surface area contributed by atoms with Gasteiger partial charge in [0.2, 0.25) is 11.8 Å². The van der Waals surface area contributed by atoms with Crippen molar-refractivity contribution in [1.82, 2.24) is 25.1 Å². The molecule has 2 aromatic carbocycles. The van der Waals surface area contributed by atoms with E-state index < -0.39 is 11.6 Å². The van der Waals surface area contributed by atoms with Crippen LogP contribution in [0.2, 0.25) is 0 Å². The van der Waals surface area contributed by atoms with E-state index in [1.165, 1.54) is 0 Å². The second kappa shape index (κ2) is 11.0. The lowest BCUT2D eigenvalue weighted by molar-refractivity contribution is -0.162. The lowest BCUT2D eigenvalue weighted by Gasteiger charge is -2.51. The zero-order valence-electron chi connectivity index (χ0n) is 22.4. The zero-order chi connectivity index (χ0) is 26.7. The third kappa shape index (κ3) is 5.31. The molecule has 38 heavy (non-hydrogen) atoms. The smallest absolute Gasteiger partial charge is 0.246 e. The summed E-state index contributed by atoms with van der Waals surface area (Å²) in [5, 5.41) is 3.09. The van der Waals surface area contributed by atoms with E-state index in [1.54, 1.807) is 7.11 Å². The molecule has 0 aliphatic carbocycles. The number of amides is 2. The standard InChI is InChI=1S/C30H37N5O3/c1-21(2)17-26-28(36)35(19-22-9-11-25(38-3)12-10-22)30(29(37)33-26)13-15-34(16-14-30)20-24-18-31-27(32-24)23-7-5-4-6-8-23/h4-12,18,21,26H,13-17,19-20H2,1-3H3,(H,31,32)(H,33,37). The number of piperazine rings is 1. The fourth-order valence-electron chi connectivity index (χ4n) is 5.65. The lowest BCUT2D eigenvalue weighted by atomic mass is 9.80. The van der Waals surface area contributed by atoms with Gasteiger partial charge in [-0.05, 0) is 42.9 Å². The molecule has 2 aliphatic rings. The van der Waals surface area contributed by atoms with Crippen molar-refractivity contribution >= 4 is 11.8 Å². The van der Waals surface area contributed by atoms with Gasteiger partial charge in [0.25, 0.3) is 0 Å². The number of hydrogen-bond donors (Lipinski definition) is 2. The molecule has 0 bridgehead atoms. The van der Waals surface area contributed by atoms with Gasteiger partial charge in [0.1, 0.15) is 23.2 Å². The maximum Gasteiger partial charge on any atom is 0.246 e. The number of H-pyrrole nitrogens is 1. The van der Waals surface area contributed by atoms with Crippen LogP contribution in [-0.4, -0.2) is 63.4 Å². The average molecular weight is 516 g/mol. The number of likely N-dealkylation sites (tertiary alicyclic amines) is 1. The highest BCUT2D eigenvalue weighted by Gasteiger charge is 2.53. The van der Waals surface area contributed by atoms with Gasteiger partial charge in [0.05, 0.1) is 7.11 Å². The van der Waals surface area contributed by atoms with Crippen molar-refractivity contribution in [3.8, 4) is 17.1 Å². The number of hydrogen-bond acceptors (Lipinski definition) is 5. The summed E-state index contributed by atoms with van der Waals surface area (Å²) in [4.78, 5) is 39.6. The topological polar surface area (TPSA) is 90.6 Å². The summed E-state index contributed by atoms with van der Waals surface area (Å²) >= 11 is 0. The van der Waals surface area contributed by atoms with E-state index in [-0.39, 0.29) is 11.8 Å². The number of carbonyl (C=O) groups is 2. The van der Waals surface area contributed by atoms with Crippen molar-refractivity contribution < 1.29 is 14.3 Å². The highest BCUT2D eigenvalue weighted by atomic mass is 16.5. The third-order valence-corrected chi connectivity index (χ3v) is 7.77. The number of aromatic nitrogens is 2. The van der Waals surface area contributed by atoms with E-state index in [1.807, 2.05) is 65.7 Å². The number of rotatable bonds is 8. The molecule has 1 unspecified atom stereocenters. The largest absolute Gasteiger partial charge is 0.497 e. The SMILES string of the molecule is COc1ccc(CN2C(=O)C(CC(C)C)NC(=O)C23CCN(Cc2cnc(-c4ccccc4)[nH]2)CC3)cc1. The Balaban J connectivity index is 1.32. The molecular formula is C30H37N5O3. The van der Waals surface area contributed by atoms with Crippen LogP contribution in [0.1, 0.15) is 44.4 Å². The Morgan fingerprint density at radius 2 is 1.74 bits per heavy atom. The molecule has 2 amide bonds. The van der Waals surface area contributed by atoms with Gasteiger partial charge in [-0.3, -0.25) is 14.5 Å². The van der Waals surface area contributed by atoms with Gasteiger partial charge in [-0.15, -0.1) is 0 Å². The van der Waals surface area contributed by atoms with Crippen LogP contribution in [0.3, 0.4) is 0 Å². The second-order valence-corrected chi connectivity index (χ2v) is 10.9. The molecule has 8 heteroatoms. The monoisotopic (exact) mass is 515 g/mol. The van der Waals surface area contributed by atoms with Gasteiger partial charge >= 0.3 is 0 Å². The first kappa shape index (κ1) is 26.0. The maximum atomic E-state index is 13.8. The molecule has 1 atom stereocenters. The number of imidazole rings is 1. The van der Waals surface area contributed by atoms with Crippen LogP contribution in [0.15, 0.2) is 60.8 Å². The van der Waals surface area contributed by atoms with Crippen molar-refractivity contribution in [3.63, 3.8) is 0 Å². The van der Waals surface area contributed by atoms with E-state index in [9.17, 15) is 9.59 Å². The molecule has 2 N–H and O–H groups in total. The van der Waals surface area contributed by atoms with Crippen LogP contribution in [0.4, 0.5) is 0 Å². The van der Waals surface area contributed by atoms with E-state index >= 15 is 0 Å². The molecule has 200 valence electrons.